The average molecular weight is 417 g/mol. The van der Waals surface area contributed by atoms with Crippen molar-refractivity contribution in [3.63, 3.8) is 0 Å². The molecule has 8 heteroatoms. The zero-order chi connectivity index (χ0) is 20.0. The van der Waals surface area contributed by atoms with Crippen molar-refractivity contribution in [2.45, 2.75) is 13.3 Å². The number of aromatic nitrogens is 4. The topological polar surface area (TPSA) is 52.7 Å². The summed E-state index contributed by atoms with van der Waals surface area (Å²) >= 11 is 12.3. The van der Waals surface area contributed by atoms with Crippen LogP contribution in [0.3, 0.4) is 0 Å². The van der Waals surface area contributed by atoms with Crippen LogP contribution in [0.1, 0.15) is 17.0 Å². The Morgan fingerprint density at radius 1 is 1.11 bits per heavy atom. The molecule has 0 saturated heterocycles. The lowest BCUT2D eigenvalue weighted by Gasteiger charge is -2.14. The lowest BCUT2D eigenvalue weighted by molar-refractivity contribution is 0.627. The molecule has 0 atom stereocenters. The zero-order valence-electron chi connectivity index (χ0n) is 15.1. The first-order valence-corrected chi connectivity index (χ1v) is 9.24. The van der Waals surface area contributed by atoms with E-state index < -0.39 is 5.82 Å². The standard InChI is InChI=1S/C20H15Cl2FN4O/c1-11-7-14(5-6-15(11)21)27-17(8-12-3-4-13(23)9-16(12)22)25-19-18(20(27)28)24-10-26(19)2/h3-7,9-10H,8H2,1-2H3. The van der Waals surface area contributed by atoms with Gasteiger partial charge < -0.3 is 4.57 Å². The molecule has 5 nitrogen and oxygen atoms in total. The van der Waals surface area contributed by atoms with Crippen LogP contribution in [0.5, 0.6) is 0 Å². The molecule has 0 radical (unpaired) electrons. The molecule has 2 aromatic carbocycles. The minimum absolute atomic E-state index is 0.247. The fourth-order valence-electron chi connectivity index (χ4n) is 3.09. The second-order valence-corrected chi connectivity index (χ2v) is 7.36. The van der Waals surface area contributed by atoms with E-state index in [1.165, 1.54) is 16.7 Å². The Morgan fingerprint density at radius 3 is 2.61 bits per heavy atom. The Labute approximate surface area is 170 Å². The number of imidazole rings is 1. The summed E-state index contributed by atoms with van der Waals surface area (Å²) in [5.74, 6) is 0.0471. The minimum atomic E-state index is -0.422. The van der Waals surface area contributed by atoms with Crippen molar-refractivity contribution in [2.75, 3.05) is 0 Å². The third kappa shape index (κ3) is 3.19. The maximum Gasteiger partial charge on any atom is 0.286 e. The summed E-state index contributed by atoms with van der Waals surface area (Å²) < 4.78 is 16.6. The van der Waals surface area contributed by atoms with Gasteiger partial charge in [-0.25, -0.2) is 14.4 Å². The van der Waals surface area contributed by atoms with Crippen molar-refractivity contribution in [3.05, 3.63) is 85.9 Å². The monoisotopic (exact) mass is 416 g/mol. The van der Waals surface area contributed by atoms with Gasteiger partial charge >= 0.3 is 0 Å². The van der Waals surface area contributed by atoms with Crippen LogP contribution in [0.15, 0.2) is 47.5 Å². The Hall–Kier alpha value is -2.70. The largest absolute Gasteiger partial charge is 0.318 e. The summed E-state index contributed by atoms with van der Waals surface area (Å²) in [5.41, 5.74) is 2.57. The van der Waals surface area contributed by atoms with Crippen molar-refractivity contribution >= 4 is 34.4 Å². The fraction of sp³-hybridized carbons (Fsp3) is 0.150. The highest BCUT2D eigenvalue weighted by Crippen LogP contribution is 2.23. The SMILES string of the molecule is Cc1cc(-n2c(Cc3ccc(F)cc3Cl)nc3c(ncn3C)c2=O)ccc1Cl. The molecule has 4 rings (SSSR count). The summed E-state index contributed by atoms with van der Waals surface area (Å²) in [6, 6.07) is 9.47. The van der Waals surface area contributed by atoms with Gasteiger partial charge in [-0.3, -0.25) is 9.36 Å². The smallest absolute Gasteiger partial charge is 0.286 e. The van der Waals surface area contributed by atoms with E-state index in [-0.39, 0.29) is 22.5 Å². The van der Waals surface area contributed by atoms with Crippen molar-refractivity contribution in [3.8, 4) is 5.69 Å². The number of rotatable bonds is 3. The van der Waals surface area contributed by atoms with Crippen LogP contribution in [0.25, 0.3) is 16.9 Å². The van der Waals surface area contributed by atoms with Crippen LogP contribution < -0.4 is 5.56 Å². The van der Waals surface area contributed by atoms with Gasteiger partial charge in [0, 0.05) is 23.5 Å². The van der Waals surface area contributed by atoms with Gasteiger partial charge in [-0.05, 0) is 48.4 Å². The van der Waals surface area contributed by atoms with Crippen molar-refractivity contribution in [2.24, 2.45) is 7.05 Å². The molecule has 0 spiro atoms. The predicted octanol–water partition coefficient (Wildman–Crippen LogP) is 4.46. The number of hydrogen-bond donors (Lipinski definition) is 0. The lowest BCUT2D eigenvalue weighted by Crippen LogP contribution is -2.24. The van der Waals surface area contributed by atoms with Crippen LogP contribution in [0.4, 0.5) is 4.39 Å². The van der Waals surface area contributed by atoms with E-state index in [0.717, 1.165) is 5.56 Å². The first kappa shape index (κ1) is 18.7. The van der Waals surface area contributed by atoms with E-state index in [0.29, 0.717) is 27.7 Å². The highest BCUT2D eigenvalue weighted by molar-refractivity contribution is 6.31. The fourth-order valence-corrected chi connectivity index (χ4v) is 3.44. The molecular formula is C20H15Cl2FN4O. The first-order valence-electron chi connectivity index (χ1n) is 8.48. The molecule has 28 heavy (non-hydrogen) atoms. The molecule has 0 saturated carbocycles. The predicted molar refractivity (Wildman–Crippen MR) is 108 cm³/mol. The molecule has 2 aromatic heterocycles. The molecule has 142 valence electrons. The van der Waals surface area contributed by atoms with E-state index in [4.69, 9.17) is 23.2 Å². The van der Waals surface area contributed by atoms with Crippen LogP contribution in [-0.4, -0.2) is 19.1 Å². The summed E-state index contributed by atoms with van der Waals surface area (Å²) in [5, 5.41) is 0.880. The zero-order valence-corrected chi connectivity index (χ0v) is 16.6. The number of halogens is 3. The Kier molecular flexibility index (Phi) is 4.69. The molecule has 0 N–H and O–H groups in total. The molecule has 2 heterocycles. The molecule has 4 aromatic rings. The maximum absolute atomic E-state index is 13.4. The van der Waals surface area contributed by atoms with Crippen molar-refractivity contribution in [1.29, 1.82) is 0 Å². The van der Waals surface area contributed by atoms with Crippen LogP contribution in [-0.2, 0) is 13.5 Å². The van der Waals surface area contributed by atoms with Crippen molar-refractivity contribution < 1.29 is 4.39 Å². The normalized spacial score (nSPS) is 11.3. The van der Waals surface area contributed by atoms with E-state index in [9.17, 15) is 9.18 Å². The van der Waals surface area contributed by atoms with Gasteiger partial charge in [-0.1, -0.05) is 29.3 Å². The Morgan fingerprint density at radius 2 is 1.89 bits per heavy atom. The van der Waals surface area contributed by atoms with E-state index in [2.05, 4.69) is 9.97 Å². The van der Waals surface area contributed by atoms with E-state index >= 15 is 0 Å². The van der Waals surface area contributed by atoms with Gasteiger partial charge in [-0.2, -0.15) is 0 Å². The van der Waals surface area contributed by atoms with Crippen molar-refractivity contribution in [1.82, 2.24) is 19.1 Å². The quantitative estimate of drug-likeness (QED) is 0.495. The van der Waals surface area contributed by atoms with Gasteiger partial charge in [-0.15, -0.1) is 0 Å². The number of fused-ring (bicyclic) bond motifs is 1. The maximum atomic E-state index is 13.4. The summed E-state index contributed by atoms with van der Waals surface area (Å²) in [7, 11) is 1.77. The van der Waals surface area contributed by atoms with Gasteiger partial charge in [0.2, 0.25) is 0 Å². The highest BCUT2D eigenvalue weighted by atomic mass is 35.5. The first-order chi connectivity index (χ1) is 13.3. The summed E-state index contributed by atoms with van der Waals surface area (Å²) in [4.78, 5) is 22.1. The van der Waals surface area contributed by atoms with Crippen LogP contribution in [0.2, 0.25) is 10.0 Å². The molecular weight excluding hydrogens is 402 g/mol. The third-order valence-electron chi connectivity index (χ3n) is 4.57. The minimum Gasteiger partial charge on any atom is -0.318 e. The molecule has 0 aliphatic heterocycles. The highest BCUT2D eigenvalue weighted by Gasteiger charge is 2.18. The Balaban J connectivity index is 1.98. The third-order valence-corrected chi connectivity index (χ3v) is 5.34. The number of hydrogen-bond acceptors (Lipinski definition) is 3. The summed E-state index contributed by atoms with van der Waals surface area (Å²) in [6.07, 6.45) is 1.79. The van der Waals surface area contributed by atoms with Crippen LogP contribution >= 0.6 is 23.2 Å². The molecule has 0 fully saturated rings. The van der Waals surface area contributed by atoms with Gasteiger partial charge in [0.1, 0.15) is 11.6 Å². The second kappa shape index (κ2) is 7.04. The van der Waals surface area contributed by atoms with Crippen LogP contribution in [0, 0.1) is 12.7 Å². The molecule has 0 aliphatic carbocycles. The van der Waals surface area contributed by atoms with Gasteiger partial charge in [0.15, 0.2) is 11.2 Å². The number of aryl methyl sites for hydroxylation is 2. The van der Waals surface area contributed by atoms with E-state index in [1.54, 1.807) is 36.1 Å². The lowest BCUT2D eigenvalue weighted by atomic mass is 10.1. The Bertz CT molecular complexity index is 1280. The molecule has 0 bridgehead atoms. The summed E-state index contributed by atoms with van der Waals surface area (Å²) in [6.45, 7) is 1.86. The van der Waals surface area contributed by atoms with E-state index in [1.807, 2.05) is 13.0 Å². The molecule has 0 amide bonds. The van der Waals surface area contributed by atoms with Gasteiger partial charge in [0.05, 0.1) is 12.0 Å². The number of benzene rings is 2. The average Bonchev–Trinajstić information content (AvgIpc) is 3.02. The molecule has 0 unspecified atom stereocenters. The second-order valence-electron chi connectivity index (χ2n) is 6.54. The van der Waals surface area contributed by atoms with Gasteiger partial charge in [0.25, 0.3) is 5.56 Å². The number of nitrogens with zero attached hydrogens (tertiary/aromatic N) is 4. The molecule has 0 aliphatic rings.